The number of unbranched alkanes of at least 4 members (excludes halogenated alkanes) is 1. The molecule has 0 atom stereocenters. The first-order valence-corrected chi connectivity index (χ1v) is 7.98. The number of oxazole rings is 1. The second-order valence-corrected chi connectivity index (χ2v) is 5.88. The van der Waals surface area contributed by atoms with Crippen LogP contribution in [0.25, 0.3) is 11.1 Å². The Hall–Kier alpha value is -1.36. The van der Waals surface area contributed by atoms with Crippen molar-refractivity contribution >= 4 is 38.6 Å². The zero-order valence-electron chi connectivity index (χ0n) is 11.8. The quantitative estimate of drug-likeness (QED) is 0.625. The Labute approximate surface area is 127 Å². The number of carbonyl (C=O) groups excluding carboxylic acids is 1. The predicted octanol–water partition coefficient (Wildman–Crippen LogP) is 4.45. The van der Waals surface area contributed by atoms with Gasteiger partial charge in [-0.1, -0.05) is 29.8 Å². The molecule has 0 bridgehead atoms. The third kappa shape index (κ3) is 3.82. The molecule has 1 amide bonds. The molecule has 0 aliphatic carbocycles. The van der Waals surface area contributed by atoms with Crippen molar-refractivity contribution in [3.05, 3.63) is 24.1 Å². The lowest BCUT2D eigenvalue weighted by Gasteiger charge is -2.04. The Morgan fingerprint density at radius 1 is 1.40 bits per heavy atom. The number of aromatic nitrogens is 1. The van der Waals surface area contributed by atoms with E-state index in [-0.39, 0.29) is 11.8 Å². The molecule has 0 aliphatic rings. The maximum absolute atomic E-state index is 11.8. The minimum Gasteiger partial charge on any atom is -0.440 e. The second-order valence-electron chi connectivity index (χ2n) is 5.08. The maximum Gasteiger partial charge on any atom is 0.224 e. The van der Waals surface area contributed by atoms with Crippen molar-refractivity contribution in [1.82, 2.24) is 4.98 Å². The van der Waals surface area contributed by atoms with E-state index >= 15 is 0 Å². The lowest BCUT2D eigenvalue weighted by atomic mass is 10.2. The van der Waals surface area contributed by atoms with Gasteiger partial charge >= 0.3 is 0 Å². The Bertz CT molecular complexity index is 593. The summed E-state index contributed by atoms with van der Waals surface area (Å²) in [4.78, 5) is 16.2. The monoisotopic (exact) mass is 338 g/mol. The van der Waals surface area contributed by atoms with Crippen molar-refractivity contribution in [2.24, 2.45) is 0 Å². The number of nitrogens with zero attached hydrogens (tertiary/aromatic N) is 1. The number of fused-ring (bicyclic) bond motifs is 1. The van der Waals surface area contributed by atoms with Crippen molar-refractivity contribution in [2.75, 3.05) is 10.6 Å². The Morgan fingerprint density at radius 2 is 2.20 bits per heavy atom. The van der Waals surface area contributed by atoms with Crippen molar-refractivity contribution in [3.8, 4) is 0 Å². The van der Waals surface area contributed by atoms with Gasteiger partial charge in [-0.3, -0.25) is 4.79 Å². The summed E-state index contributed by atoms with van der Waals surface area (Å²) >= 11 is 3.36. The molecule has 2 rings (SSSR count). The standard InChI is InChI=1S/C15H19BrN2O2/c1-10(2)15-18-12-9-11(6-7-13(12)20-15)17-14(19)5-3-4-8-16/h6-7,9-10H,3-5,8H2,1-2H3,(H,17,19). The lowest BCUT2D eigenvalue weighted by Crippen LogP contribution is -2.10. The Morgan fingerprint density at radius 3 is 2.90 bits per heavy atom. The minimum absolute atomic E-state index is 0.0397. The van der Waals surface area contributed by atoms with E-state index < -0.39 is 0 Å². The summed E-state index contributed by atoms with van der Waals surface area (Å²) in [6.45, 7) is 4.08. The van der Waals surface area contributed by atoms with Crippen LogP contribution in [0.3, 0.4) is 0 Å². The number of benzene rings is 1. The highest BCUT2D eigenvalue weighted by Crippen LogP contribution is 2.23. The van der Waals surface area contributed by atoms with Gasteiger partial charge in [-0.25, -0.2) is 4.98 Å². The van der Waals surface area contributed by atoms with Crippen molar-refractivity contribution in [1.29, 1.82) is 0 Å². The van der Waals surface area contributed by atoms with Crippen LogP contribution in [0.15, 0.2) is 22.6 Å². The van der Waals surface area contributed by atoms with Gasteiger partial charge in [0.25, 0.3) is 0 Å². The largest absolute Gasteiger partial charge is 0.440 e. The minimum atomic E-state index is 0.0397. The van der Waals surface area contributed by atoms with Gasteiger partial charge in [0, 0.05) is 23.4 Å². The number of hydrogen-bond acceptors (Lipinski definition) is 3. The smallest absolute Gasteiger partial charge is 0.224 e. The van der Waals surface area contributed by atoms with Crippen molar-refractivity contribution in [3.63, 3.8) is 0 Å². The van der Waals surface area contributed by atoms with E-state index in [1.807, 2.05) is 32.0 Å². The van der Waals surface area contributed by atoms with E-state index in [1.165, 1.54) is 0 Å². The molecule has 108 valence electrons. The molecule has 1 N–H and O–H groups in total. The van der Waals surface area contributed by atoms with Gasteiger partial charge in [-0.2, -0.15) is 0 Å². The Kier molecular flexibility index (Phi) is 5.17. The van der Waals surface area contributed by atoms with Crippen LogP contribution in [-0.2, 0) is 4.79 Å². The summed E-state index contributed by atoms with van der Waals surface area (Å²) in [6.07, 6.45) is 2.44. The van der Waals surface area contributed by atoms with Crippen LogP contribution < -0.4 is 5.32 Å². The molecular formula is C15H19BrN2O2. The van der Waals surface area contributed by atoms with Gasteiger partial charge in [-0.15, -0.1) is 0 Å². The lowest BCUT2D eigenvalue weighted by molar-refractivity contribution is -0.116. The van der Waals surface area contributed by atoms with E-state index in [9.17, 15) is 4.79 Å². The SMILES string of the molecule is CC(C)c1nc2cc(NC(=O)CCCCBr)ccc2o1. The molecule has 1 heterocycles. The van der Waals surface area contributed by atoms with Gasteiger partial charge < -0.3 is 9.73 Å². The summed E-state index contributed by atoms with van der Waals surface area (Å²) in [7, 11) is 0. The van der Waals surface area contributed by atoms with Crippen LogP contribution >= 0.6 is 15.9 Å². The molecule has 0 fully saturated rings. The molecule has 0 aliphatic heterocycles. The summed E-state index contributed by atoms with van der Waals surface area (Å²) < 4.78 is 5.64. The van der Waals surface area contributed by atoms with Crippen LogP contribution in [0.5, 0.6) is 0 Å². The molecule has 5 heteroatoms. The third-order valence-electron chi connectivity index (χ3n) is 2.97. The van der Waals surface area contributed by atoms with Gasteiger partial charge in [0.1, 0.15) is 5.52 Å². The molecule has 1 aromatic heterocycles. The van der Waals surface area contributed by atoms with Crippen molar-refractivity contribution in [2.45, 2.75) is 39.0 Å². The van der Waals surface area contributed by atoms with Crippen LogP contribution in [0.4, 0.5) is 5.69 Å². The highest BCUT2D eigenvalue weighted by molar-refractivity contribution is 9.09. The van der Waals surface area contributed by atoms with Crippen LogP contribution in [-0.4, -0.2) is 16.2 Å². The second kappa shape index (κ2) is 6.88. The molecule has 0 spiro atoms. The van der Waals surface area contributed by atoms with E-state index in [2.05, 4.69) is 26.2 Å². The molecule has 0 radical (unpaired) electrons. The molecule has 4 nitrogen and oxygen atoms in total. The zero-order chi connectivity index (χ0) is 14.5. The average molecular weight is 339 g/mol. The molecular weight excluding hydrogens is 320 g/mol. The number of anilines is 1. The van der Waals surface area contributed by atoms with Gasteiger partial charge in [0.15, 0.2) is 11.5 Å². The molecule has 20 heavy (non-hydrogen) atoms. The molecule has 0 saturated carbocycles. The number of hydrogen-bond donors (Lipinski definition) is 1. The number of alkyl halides is 1. The van der Waals surface area contributed by atoms with Crippen LogP contribution in [0.2, 0.25) is 0 Å². The fourth-order valence-corrected chi connectivity index (χ4v) is 2.27. The van der Waals surface area contributed by atoms with Gasteiger partial charge in [0.05, 0.1) is 0 Å². The molecule has 2 aromatic rings. The number of amides is 1. The number of rotatable bonds is 6. The van der Waals surface area contributed by atoms with E-state index in [0.717, 1.165) is 40.8 Å². The van der Waals surface area contributed by atoms with Crippen molar-refractivity contribution < 1.29 is 9.21 Å². The summed E-state index contributed by atoms with van der Waals surface area (Å²) in [5.41, 5.74) is 2.31. The first kappa shape index (κ1) is 15.0. The number of halogens is 1. The zero-order valence-corrected chi connectivity index (χ0v) is 13.4. The average Bonchev–Trinajstić information content (AvgIpc) is 2.82. The number of carbonyl (C=O) groups is 1. The maximum atomic E-state index is 11.8. The normalized spacial score (nSPS) is 11.2. The Balaban J connectivity index is 2.05. The van der Waals surface area contributed by atoms with E-state index in [1.54, 1.807) is 0 Å². The highest BCUT2D eigenvalue weighted by atomic mass is 79.9. The predicted molar refractivity (Wildman–Crippen MR) is 84.4 cm³/mol. The van der Waals surface area contributed by atoms with E-state index in [4.69, 9.17) is 4.42 Å². The summed E-state index contributed by atoms with van der Waals surface area (Å²) in [5, 5.41) is 3.83. The first-order chi connectivity index (χ1) is 9.60. The fourth-order valence-electron chi connectivity index (χ4n) is 1.87. The van der Waals surface area contributed by atoms with Gasteiger partial charge in [-0.05, 0) is 31.0 Å². The van der Waals surface area contributed by atoms with Gasteiger partial charge in [0.2, 0.25) is 5.91 Å². The highest BCUT2D eigenvalue weighted by Gasteiger charge is 2.10. The third-order valence-corrected chi connectivity index (χ3v) is 3.53. The molecule has 0 unspecified atom stereocenters. The van der Waals surface area contributed by atoms with E-state index in [0.29, 0.717) is 6.42 Å². The topological polar surface area (TPSA) is 55.1 Å². The summed E-state index contributed by atoms with van der Waals surface area (Å²) in [5.74, 6) is 1.02. The van der Waals surface area contributed by atoms with Crippen LogP contribution in [0.1, 0.15) is 44.9 Å². The first-order valence-electron chi connectivity index (χ1n) is 6.86. The van der Waals surface area contributed by atoms with Crippen LogP contribution in [0, 0.1) is 0 Å². The fraction of sp³-hybridized carbons (Fsp3) is 0.467. The molecule has 0 saturated heterocycles. The number of nitrogens with one attached hydrogen (secondary N) is 1. The summed E-state index contributed by atoms with van der Waals surface area (Å²) in [6, 6.07) is 5.55. The molecule has 1 aromatic carbocycles.